The first kappa shape index (κ1) is 89.0. The van der Waals surface area contributed by atoms with Gasteiger partial charge in [0.15, 0.2) is 6.10 Å². The maximum absolute atomic E-state index is 12.9. The highest BCUT2D eigenvalue weighted by Gasteiger charge is 2.22. The lowest BCUT2D eigenvalue weighted by Gasteiger charge is -2.28. The summed E-state index contributed by atoms with van der Waals surface area (Å²) in [6.45, 7) is 4.35. The average Bonchev–Trinajstić information content (AvgIpc) is 3.58. The molecule has 0 heterocycles. The van der Waals surface area contributed by atoms with Crippen molar-refractivity contribution in [3.05, 3.63) is 0 Å². The van der Waals surface area contributed by atoms with Gasteiger partial charge in [0.05, 0.1) is 27.7 Å². The number of phosphoric ester groups is 1. The largest absolute Gasteiger partial charge is 0.756 e. The second-order valence-corrected chi connectivity index (χ2v) is 30.9. The smallest absolute Gasteiger partial charge is 0.306 e. The molecule has 90 heavy (non-hydrogen) atoms. The summed E-state index contributed by atoms with van der Waals surface area (Å²) in [5.74, 6) is -0.800. The molecule has 2 atom stereocenters. The van der Waals surface area contributed by atoms with Gasteiger partial charge in [-0.2, -0.15) is 0 Å². The summed E-state index contributed by atoms with van der Waals surface area (Å²) in [5, 5.41) is 0. The minimum atomic E-state index is -4.64. The van der Waals surface area contributed by atoms with Crippen molar-refractivity contribution >= 4 is 19.8 Å². The molecular weight excluding hydrogens is 1130 g/mol. The van der Waals surface area contributed by atoms with E-state index in [-0.39, 0.29) is 32.0 Å². The summed E-state index contributed by atoms with van der Waals surface area (Å²) in [4.78, 5) is 38.2. The van der Waals surface area contributed by atoms with Crippen molar-refractivity contribution in [2.24, 2.45) is 0 Å². The maximum Gasteiger partial charge on any atom is 0.306 e. The standard InChI is InChI=1S/C80H160NO8P/c1-6-8-10-12-14-16-18-20-22-24-26-28-30-32-34-36-37-38-39-40-41-42-43-45-47-49-51-53-55-57-59-61-63-65-67-69-71-73-80(83)89-78(77-88-90(84,85)87-75-74-81(3,4)5)76-86-79(82)72-70-68-66-64-62-60-58-56-54-52-50-48-46-44-35-33-31-29-27-25-23-21-19-17-15-13-11-9-7-2/h78H,6-77H2,1-5H3. The Labute approximate surface area is 563 Å². The molecule has 0 fully saturated rings. The number of ether oxygens (including phenoxy) is 2. The molecule has 0 aliphatic rings. The van der Waals surface area contributed by atoms with E-state index in [4.69, 9.17) is 18.5 Å². The van der Waals surface area contributed by atoms with Gasteiger partial charge in [-0.15, -0.1) is 0 Å². The lowest BCUT2D eigenvalue weighted by atomic mass is 10.0. The number of rotatable bonds is 78. The van der Waals surface area contributed by atoms with Gasteiger partial charge in [0.25, 0.3) is 7.82 Å². The molecule has 0 amide bonds. The summed E-state index contributed by atoms with van der Waals surface area (Å²) >= 11 is 0. The van der Waals surface area contributed by atoms with Crippen LogP contribution in [0.2, 0.25) is 0 Å². The van der Waals surface area contributed by atoms with E-state index in [9.17, 15) is 19.0 Å². The molecule has 0 radical (unpaired) electrons. The normalized spacial score (nSPS) is 12.9. The summed E-state index contributed by atoms with van der Waals surface area (Å²) in [5.41, 5.74) is 0. The van der Waals surface area contributed by atoms with Crippen LogP contribution in [0.25, 0.3) is 0 Å². The molecule has 0 aromatic heterocycles. The van der Waals surface area contributed by atoms with Gasteiger partial charge in [-0.25, -0.2) is 0 Å². The van der Waals surface area contributed by atoms with Crippen LogP contribution < -0.4 is 4.89 Å². The van der Waals surface area contributed by atoms with Gasteiger partial charge in [-0.3, -0.25) is 14.2 Å². The monoisotopic (exact) mass is 1290 g/mol. The molecule has 0 spiro atoms. The van der Waals surface area contributed by atoms with Crippen molar-refractivity contribution in [2.45, 2.75) is 457 Å². The van der Waals surface area contributed by atoms with Crippen LogP contribution in [0.15, 0.2) is 0 Å². The molecular formula is C80H160NO8P. The van der Waals surface area contributed by atoms with Gasteiger partial charge >= 0.3 is 11.9 Å². The van der Waals surface area contributed by atoms with Crippen LogP contribution in [0.4, 0.5) is 0 Å². The Balaban J connectivity index is 3.87. The van der Waals surface area contributed by atoms with Crippen molar-refractivity contribution in [3.63, 3.8) is 0 Å². The molecule has 0 aliphatic carbocycles. The Morgan fingerprint density at radius 3 is 0.711 bits per heavy atom. The zero-order chi connectivity index (χ0) is 65.5. The van der Waals surface area contributed by atoms with Gasteiger partial charge in [-0.1, -0.05) is 425 Å². The number of carbonyl (C=O) groups is 2. The van der Waals surface area contributed by atoms with Gasteiger partial charge in [0, 0.05) is 12.8 Å². The number of phosphoric acid groups is 1. The van der Waals surface area contributed by atoms with Crippen molar-refractivity contribution < 1.29 is 42.1 Å². The second kappa shape index (κ2) is 72.3. The van der Waals surface area contributed by atoms with Crippen LogP contribution in [-0.2, 0) is 32.7 Å². The van der Waals surface area contributed by atoms with Gasteiger partial charge in [0.2, 0.25) is 0 Å². The highest BCUT2D eigenvalue weighted by Crippen LogP contribution is 2.38. The number of esters is 2. The fourth-order valence-electron chi connectivity index (χ4n) is 12.9. The molecule has 538 valence electrons. The Bertz CT molecular complexity index is 1470. The molecule has 9 nitrogen and oxygen atoms in total. The lowest BCUT2D eigenvalue weighted by molar-refractivity contribution is -0.870. The molecule has 0 N–H and O–H groups in total. The number of likely N-dealkylation sites (N-methyl/N-ethyl adjacent to an activating group) is 1. The average molecular weight is 1300 g/mol. The first-order valence-corrected chi connectivity index (χ1v) is 42.2. The van der Waals surface area contributed by atoms with Crippen molar-refractivity contribution in [1.29, 1.82) is 0 Å². The van der Waals surface area contributed by atoms with E-state index in [2.05, 4.69) is 13.8 Å². The Morgan fingerprint density at radius 2 is 0.500 bits per heavy atom. The van der Waals surface area contributed by atoms with Crippen LogP contribution in [-0.4, -0.2) is 70.0 Å². The molecule has 0 aromatic rings. The summed E-state index contributed by atoms with van der Waals surface area (Å²) in [6, 6.07) is 0. The maximum atomic E-state index is 12.9. The van der Waals surface area contributed by atoms with Gasteiger partial charge < -0.3 is 27.9 Å². The SMILES string of the molecule is CCCCCCCCCCCCCCCCCCCCCCCCCCCCCCCCCCCCCCCC(=O)OC(COC(=O)CCCCCCCCCCCCCCCCCCCCCCCCCCCCCCC)COP(=O)([O-])OCC[N+](C)(C)C. The molecule has 0 rings (SSSR count). The number of hydrogen-bond acceptors (Lipinski definition) is 8. The Hall–Kier alpha value is -0.990. The molecule has 0 aromatic carbocycles. The van der Waals surface area contributed by atoms with Crippen LogP contribution in [0.5, 0.6) is 0 Å². The first-order chi connectivity index (χ1) is 44.0. The minimum absolute atomic E-state index is 0.0246. The molecule has 0 aliphatic heterocycles. The fourth-order valence-corrected chi connectivity index (χ4v) is 13.6. The van der Waals surface area contributed by atoms with Gasteiger partial charge in [0.1, 0.15) is 19.8 Å². The predicted molar refractivity (Wildman–Crippen MR) is 389 cm³/mol. The topological polar surface area (TPSA) is 111 Å². The highest BCUT2D eigenvalue weighted by atomic mass is 31.2. The lowest BCUT2D eigenvalue weighted by Crippen LogP contribution is -2.37. The van der Waals surface area contributed by atoms with E-state index in [0.717, 1.165) is 32.1 Å². The summed E-state index contributed by atoms with van der Waals surface area (Å²) in [6.07, 6.45) is 89.6. The number of quaternary nitrogens is 1. The van der Waals surface area contributed by atoms with E-state index < -0.39 is 26.5 Å². The molecule has 0 saturated heterocycles. The van der Waals surface area contributed by atoms with Crippen molar-refractivity contribution in [2.75, 3.05) is 47.5 Å². The summed E-state index contributed by atoms with van der Waals surface area (Å²) < 4.78 is 34.4. The Kier molecular flexibility index (Phi) is 71.5. The van der Waals surface area contributed by atoms with E-state index in [1.54, 1.807) is 0 Å². The molecule has 0 bridgehead atoms. The van der Waals surface area contributed by atoms with Crippen LogP contribution in [0, 0.1) is 0 Å². The van der Waals surface area contributed by atoms with Crippen LogP contribution >= 0.6 is 7.82 Å². The van der Waals surface area contributed by atoms with E-state index in [1.807, 2.05) is 21.1 Å². The Morgan fingerprint density at radius 1 is 0.300 bits per heavy atom. The number of unbranched alkanes of at least 4 members (excludes halogenated alkanes) is 64. The van der Waals surface area contributed by atoms with E-state index in [0.29, 0.717) is 17.4 Å². The zero-order valence-corrected chi connectivity index (χ0v) is 62.5. The van der Waals surface area contributed by atoms with Gasteiger partial charge in [-0.05, 0) is 12.8 Å². The minimum Gasteiger partial charge on any atom is -0.756 e. The predicted octanol–water partition coefficient (Wildman–Crippen LogP) is 26.2. The first-order valence-electron chi connectivity index (χ1n) is 40.7. The third-order valence-corrected chi connectivity index (χ3v) is 20.1. The quantitative estimate of drug-likeness (QED) is 0.0256. The van der Waals surface area contributed by atoms with E-state index >= 15 is 0 Å². The molecule has 2 unspecified atom stereocenters. The van der Waals surface area contributed by atoms with Crippen LogP contribution in [0.3, 0.4) is 0 Å². The highest BCUT2D eigenvalue weighted by molar-refractivity contribution is 7.45. The number of nitrogens with zero attached hydrogens (tertiary/aromatic N) is 1. The zero-order valence-electron chi connectivity index (χ0n) is 61.6. The third kappa shape index (κ3) is 76.0. The molecule has 0 saturated carbocycles. The number of carbonyl (C=O) groups excluding carboxylic acids is 2. The van der Waals surface area contributed by atoms with Crippen molar-refractivity contribution in [1.82, 2.24) is 0 Å². The van der Waals surface area contributed by atoms with Crippen molar-refractivity contribution in [3.8, 4) is 0 Å². The van der Waals surface area contributed by atoms with Crippen LogP contribution in [0.1, 0.15) is 450 Å². The molecule has 10 heteroatoms. The van der Waals surface area contributed by atoms with E-state index in [1.165, 1.54) is 385 Å². The third-order valence-electron chi connectivity index (χ3n) is 19.1. The fraction of sp³-hybridized carbons (Fsp3) is 0.975. The second-order valence-electron chi connectivity index (χ2n) is 29.5. The number of hydrogen-bond donors (Lipinski definition) is 0. The summed E-state index contributed by atoms with van der Waals surface area (Å²) in [7, 11) is 1.20.